The van der Waals surface area contributed by atoms with Crippen LogP contribution < -0.4 is 11.3 Å². The molecule has 0 heterocycles. The Balaban J connectivity index is 2.18. The Morgan fingerprint density at radius 3 is 2.52 bits per heavy atom. The molecule has 3 heteroatoms. The summed E-state index contributed by atoms with van der Waals surface area (Å²) in [4.78, 5) is 0. The van der Waals surface area contributed by atoms with Gasteiger partial charge in [0.1, 0.15) is 0 Å². The number of hydrazine groups is 1. The Hall–Kier alpha value is -0.900. The maximum atomic E-state index is 6.26. The van der Waals surface area contributed by atoms with Gasteiger partial charge >= 0.3 is 0 Å². The van der Waals surface area contributed by atoms with E-state index in [4.69, 9.17) is 10.6 Å². The first-order valence-electron chi connectivity index (χ1n) is 8.36. The maximum Gasteiger partial charge on any atom is 0.0851 e. The van der Waals surface area contributed by atoms with Gasteiger partial charge in [-0.2, -0.15) is 0 Å². The van der Waals surface area contributed by atoms with Crippen LogP contribution in [0, 0.1) is 6.92 Å². The van der Waals surface area contributed by atoms with Crippen molar-refractivity contribution < 1.29 is 4.74 Å². The summed E-state index contributed by atoms with van der Waals surface area (Å²) in [7, 11) is 0. The van der Waals surface area contributed by atoms with E-state index in [2.05, 4.69) is 43.5 Å². The molecule has 21 heavy (non-hydrogen) atoms. The Bertz CT molecular complexity index is 425. The van der Waals surface area contributed by atoms with Gasteiger partial charge in [-0.1, -0.05) is 55.5 Å². The predicted molar refractivity (Wildman–Crippen MR) is 88.1 cm³/mol. The minimum absolute atomic E-state index is 0.107. The number of nitrogens with one attached hydrogen (secondary N) is 1. The number of hydrogen-bond acceptors (Lipinski definition) is 3. The molecule has 0 aliphatic heterocycles. The smallest absolute Gasteiger partial charge is 0.0851 e. The summed E-state index contributed by atoms with van der Waals surface area (Å²) in [5, 5.41) is 0. The van der Waals surface area contributed by atoms with Crippen molar-refractivity contribution >= 4 is 0 Å². The van der Waals surface area contributed by atoms with Gasteiger partial charge in [0.05, 0.1) is 11.6 Å². The van der Waals surface area contributed by atoms with Crippen molar-refractivity contribution in [1.29, 1.82) is 0 Å². The van der Waals surface area contributed by atoms with Crippen LogP contribution in [0.4, 0.5) is 0 Å². The van der Waals surface area contributed by atoms with E-state index in [1.807, 2.05) is 0 Å². The first-order chi connectivity index (χ1) is 10.2. The highest BCUT2D eigenvalue weighted by Crippen LogP contribution is 2.34. The molecular formula is C18H30N2O. The van der Waals surface area contributed by atoms with E-state index in [1.165, 1.54) is 36.8 Å². The highest BCUT2D eigenvalue weighted by Gasteiger charge is 2.39. The lowest BCUT2D eigenvalue weighted by molar-refractivity contribution is -0.0768. The molecule has 1 aliphatic rings. The molecule has 1 aromatic carbocycles. The van der Waals surface area contributed by atoms with Gasteiger partial charge in [-0.15, -0.1) is 0 Å². The number of nitrogens with two attached hydrogens (primary N) is 1. The van der Waals surface area contributed by atoms with Crippen molar-refractivity contribution in [3.05, 3.63) is 35.4 Å². The van der Waals surface area contributed by atoms with Crippen molar-refractivity contribution in [3.63, 3.8) is 0 Å². The molecule has 2 rings (SSSR count). The monoisotopic (exact) mass is 290 g/mol. The molecule has 1 unspecified atom stereocenters. The highest BCUT2D eigenvalue weighted by atomic mass is 16.5. The second kappa shape index (κ2) is 7.92. The van der Waals surface area contributed by atoms with E-state index in [-0.39, 0.29) is 11.6 Å². The molecule has 1 atom stereocenters. The van der Waals surface area contributed by atoms with Gasteiger partial charge in [-0.3, -0.25) is 11.3 Å². The molecule has 0 spiro atoms. The fourth-order valence-electron chi connectivity index (χ4n) is 3.68. The molecule has 1 aromatic rings. The maximum absolute atomic E-state index is 6.26. The lowest BCUT2D eigenvalue weighted by Crippen LogP contribution is -2.56. The molecule has 1 fully saturated rings. The molecule has 0 amide bonds. The molecule has 118 valence electrons. The van der Waals surface area contributed by atoms with E-state index in [1.54, 1.807) is 0 Å². The first-order valence-corrected chi connectivity index (χ1v) is 8.36. The number of hydrogen-bond donors (Lipinski definition) is 2. The Labute approximate surface area is 129 Å². The minimum Gasteiger partial charge on any atom is -0.374 e. The minimum atomic E-state index is -0.107. The van der Waals surface area contributed by atoms with Crippen molar-refractivity contribution in [2.75, 3.05) is 6.61 Å². The van der Waals surface area contributed by atoms with Crippen LogP contribution in [-0.4, -0.2) is 18.2 Å². The fourth-order valence-corrected chi connectivity index (χ4v) is 3.68. The lowest BCUT2D eigenvalue weighted by Gasteiger charge is -2.40. The second-order valence-corrected chi connectivity index (χ2v) is 6.32. The number of ether oxygens (including phenoxy) is 1. The van der Waals surface area contributed by atoms with Gasteiger partial charge in [0.15, 0.2) is 0 Å². The Morgan fingerprint density at radius 2 is 1.95 bits per heavy atom. The van der Waals surface area contributed by atoms with Gasteiger partial charge in [0, 0.05) is 6.61 Å². The molecule has 3 nitrogen and oxygen atoms in total. The average Bonchev–Trinajstić information content (AvgIpc) is 2.72. The van der Waals surface area contributed by atoms with E-state index < -0.39 is 0 Å². The summed E-state index contributed by atoms with van der Waals surface area (Å²) in [5.41, 5.74) is 5.60. The first kappa shape index (κ1) is 16.5. The molecule has 0 radical (unpaired) electrons. The SMILES string of the molecule is CCOC1(C(Cc2cccc(C)c2)NN)CCCCCC1. The molecule has 3 N–H and O–H groups in total. The van der Waals surface area contributed by atoms with Crippen LogP contribution in [0.25, 0.3) is 0 Å². The van der Waals surface area contributed by atoms with Crippen LogP contribution >= 0.6 is 0 Å². The standard InChI is InChI=1S/C18H30N2O/c1-3-21-18(11-6-4-5-7-12-18)17(20-19)14-16-10-8-9-15(2)13-16/h8-10,13,17,20H,3-7,11-12,14,19H2,1-2H3. The number of aryl methyl sites for hydroxylation is 1. The van der Waals surface area contributed by atoms with Gasteiger partial charge in [0.25, 0.3) is 0 Å². The van der Waals surface area contributed by atoms with Gasteiger partial charge in [0.2, 0.25) is 0 Å². The molecule has 1 aliphatic carbocycles. The topological polar surface area (TPSA) is 47.3 Å². The summed E-state index contributed by atoms with van der Waals surface area (Å²) < 4.78 is 6.26. The van der Waals surface area contributed by atoms with Crippen LogP contribution in [0.15, 0.2) is 24.3 Å². The summed E-state index contributed by atoms with van der Waals surface area (Å²) in [6.45, 7) is 4.98. The molecule has 1 saturated carbocycles. The van der Waals surface area contributed by atoms with Crippen LogP contribution in [0.3, 0.4) is 0 Å². The fraction of sp³-hybridized carbons (Fsp3) is 0.667. The third-order valence-corrected chi connectivity index (χ3v) is 4.74. The molecule has 0 aromatic heterocycles. The third-order valence-electron chi connectivity index (χ3n) is 4.74. The van der Waals surface area contributed by atoms with Gasteiger partial charge in [-0.25, -0.2) is 0 Å². The third kappa shape index (κ3) is 4.29. The second-order valence-electron chi connectivity index (χ2n) is 6.32. The normalized spacial score (nSPS) is 20.0. The summed E-state index contributed by atoms with van der Waals surface area (Å²) >= 11 is 0. The lowest BCUT2D eigenvalue weighted by atomic mass is 9.83. The molecule has 0 bridgehead atoms. The van der Waals surface area contributed by atoms with Crippen molar-refractivity contribution in [2.24, 2.45) is 5.84 Å². The van der Waals surface area contributed by atoms with Crippen LogP contribution in [-0.2, 0) is 11.2 Å². The van der Waals surface area contributed by atoms with E-state index in [0.29, 0.717) is 0 Å². The summed E-state index contributed by atoms with van der Waals surface area (Å²) in [6.07, 6.45) is 8.27. The molecule has 0 saturated heterocycles. The van der Waals surface area contributed by atoms with Crippen molar-refractivity contribution in [3.8, 4) is 0 Å². The summed E-state index contributed by atoms with van der Waals surface area (Å²) in [6, 6.07) is 8.88. The zero-order chi connectivity index (χ0) is 15.1. The van der Waals surface area contributed by atoms with Crippen molar-refractivity contribution in [2.45, 2.75) is 70.4 Å². The van der Waals surface area contributed by atoms with E-state index >= 15 is 0 Å². The van der Waals surface area contributed by atoms with Crippen LogP contribution in [0.1, 0.15) is 56.6 Å². The zero-order valence-electron chi connectivity index (χ0n) is 13.5. The summed E-state index contributed by atoms with van der Waals surface area (Å²) in [5.74, 6) is 5.93. The highest BCUT2D eigenvalue weighted by molar-refractivity contribution is 5.23. The van der Waals surface area contributed by atoms with E-state index in [0.717, 1.165) is 25.9 Å². The van der Waals surface area contributed by atoms with Crippen LogP contribution in [0.5, 0.6) is 0 Å². The largest absolute Gasteiger partial charge is 0.374 e. The van der Waals surface area contributed by atoms with E-state index in [9.17, 15) is 0 Å². The average molecular weight is 290 g/mol. The Morgan fingerprint density at radius 1 is 1.24 bits per heavy atom. The number of rotatable bonds is 6. The molecular weight excluding hydrogens is 260 g/mol. The van der Waals surface area contributed by atoms with Crippen molar-refractivity contribution in [1.82, 2.24) is 5.43 Å². The van der Waals surface area contributed by atoms with Gasteiger partial charge < -0.3 is 4.74 Å². The zero-order valence-corrected chi connectivity index (χ0v) is 13.5. The van der Waals surface area contributed by atoms with Gasteiger partial charge in [-0.05, 0) is 38.7 Å². The number of benzene rings is 1. The Kier molecular flexibility index (Phi) is 6.22. The quantitative estimate of drug-likeness (QED) is 0.479. The predicted octanol–water partition coefficient (Wildman–Crippen LogP) is 3.50. The van der Waals surface area contributed by atoms with Crippen LogP contribution in [0.2, 0.25) is 0 Å².